The first-order valence-electron chi connectivity index (χ1n) is 4.19. The minimum atomic E-state index is 0.518. The van der Waals surface area contributed by atoms with Crippen molar-refractivity contribution in [2.45, 2.75) is 6.92 Å². The van der Waals surface area contributed by atoms with Crippen molar-refractivity contribution in [1.29, 1.82) is 0 Å². The molecule has 2 heteroatoms. The quantitative estimate of drug-likeness (QED) is 0.711. The lowest BCUT2D eigenvalue weighted by molar-refractivity contribution is 0.112. The molecule has 0 bridgehead atoms. The van der Waals surface area contributed by atoms with E-state index in [-0.39, 0.29) is 0 Å². The smallest absolute Gasteiger partial charge is 0.150 e. The Morgan fingerprint density at radius 2 is 2.00 bits per heavy atom. The average molecular weight is 175 g/mol. The van der Waals surface area contributed by atoms with Gasteiger partial charge in [0, 0.05) is 12.1 Å². The van der Waals surface area contributed by atoms with Crippen molar-refractivity contribution in [1.82, 2.24) is 0 Å². The highest BCUT2D eigenvalue weighted by Crippen LogP contribution is 2.09. The lowest BCUT2D eigenvalue weighted by Gasteiger charge is -1.98. The number of benzene rings is 1. The second kappa shape index (κ2) is 4.58. The first-order chi connectivity index (χ1) is 6.26. The summed E-state index contributed by atoms with van der Waals surface area (Å²) < 4.78 is 0. The monoisotopic (exact) mass is 175 g/mol. The van der Waals surface area contributed by atoms with Crippen LogP contribution in [0.1, 0.15) is 21.5 Å². The lowest BCUT2D eigenvalue weighted by atomic mass is 10.1. The van der Waals surface area contributed by atoms with Crippen molar-refractivity contribution in [3.05, 3.63) is 41.0 Å². The van der Waals surface area contributed by atoms with Gasteiger partial charge in [-0.3, -0.25) is 4.79 Å². The predicted molar refractivity (Wildman–Crippen MR) is 54.7 cm³/mol. The Kier molecular flexibility index (Phi) is 3.41. The van der Waals surface area contributed by atoms with Gasteiger partial charge in [-0.1, -0.05) is 18.2 Å². The van der Waals surface area contributed by atoms with Gasteiger partial charge >= 0.3 is 0 Å². The number of hydrogen-bond donors (Lipinski definition) is 1. The van der Waals surface area contributed by atoms with Gasteiger partial charge in [0.25, 0.3) is 0 Å². The molecule has 1 aromatic carbocycles. The Labute approximate surface area is 78.1 Å². The summed E-state index contributed by atoms with van der Waals surface area (Å²) in [6.07, 6.45) is 4.64. The number of carbonyl (C=O) groups excluding carboxylic acids is 1. The molecule has 68 valence electrons. The first kappa shape index (κ1) is 9.68. The van der Waals surface area contributed by atoms with Crippen LogP contribution >= 0.6 is 0 Å². The van der Waals surface area contributed by atoms with E-state index in [9.17, 15) is 4.79 Å². The second-order valence-electron chi connectivity index (χ2n) is 2.93. The Bertz CT molecular complexity index is 329. The highest BCUT2D eigenvalue weighted by atomic mass is 16.1. The number of rotatable bonds is 3. The minimum Gasteiger partial charge on any atom is -0.327 e. The number of nitrogens with two attached hydrogens (primary N) is 1. The average Bonchev–Trinajstić information content (AvgIpc) is 2.14. The van der Waals surface area contributed by atoms with Crippen LogP contribution in [-0.2, 0) is 0 Å². The third kappa shape index (κ3) is 2.84. The van der Waals surface area contributed by atoms with Gasteiger partial charge in [0.15, 0.2) is 0 Å². The zero-order valence-electron chi connectivity index (χ0n) is 7.66. The molecule has 0 spiro atoms. The van der Waals surface area contributed by atoms with Crippen LogP contribution in [0.4, 0.5) is 0 Å². The molecule has 0 aliphatic carbocycles. The Morgan fingerprint density at radius 1 is 1.31 bits per heavy atom. The summed E-state index contributed by atoms with van der Waals surface area (Å²) in [6, 6.07) is 5.71. The SMILES string of the molecule is Cc1cc(C=O)cc(C=CCN)c1. The van der Waals surface area contributed by atoms with E-state index in [1.807, 2.05) is 37.3 Å². The molecule has 0 aliphatic rings. The molecule has 0 saturated carbocycles. The lowest BCUT2D eigenvalue weighted by Crippen LogP contribution is -1.92. The van der Waals surface area contributed by atoms with Crippen molar-refractivity contribution < 1.29 is 4.79 Å². The molecule has 0 saturated heterocycles. The topological polar surface area (TPSA) is 43.1 Å². The van der Waals surface area contributed by atoms with Gasteiger partial charge in [-0.25, -0.2) is 0 Å². The van der Waals surface area contributed by atoms with Crippen LogP contribution in [0.2, 0.25) is 0 Å². The third-order valence-corrected chi connectivity index (χ3v) is 1.70. The van der Waals surface area contributed by atoms with Crippen LogP contribution < -0.4 is 5.73 Å². The summed E-state index contributed by atoms with van der Waals surface area (Å²) in [5.41, 5.74) is 8.14. The van der Waals surface area contributed by atoms with Crippen LogP contribution in [0, 0.1) is 6.92 Å². The van der Waals surface area contributed by atoms with Crippen LogP contribution in [-0.4, -0.2) is 12.8 Å². The van der Waals surface area contributed by atoms with Crippen molar-refractivity contribution >= 4 is 12.4 Å². The van der Waals surface area contributed by atoms with Crippen molar-refractivity contribution in [3.63, 3.8) is 0 Å². The van der Waals surface area contributed by atoms with Crippen molar-refractivity contribution in [2.75, 3.05) is 6.54 Å². The van der Waals surface area contributed by atoms with E-state index < -0.39 is 0 Å². The summed E-state index contributed by atoms with van der Waals surface area (Å²) in [5.74, 6) is 0. The molecule has 0 unspecified atom stereocenters. The van der Waals surface area contributed by atoms with E-state index in [1.54, 1.807) is 0 Å². The van der Waals surface area contributed by atoms with E-state index in [4.69, 9.17) is 5.73 Å². The summed E-state index contributed by atoms with van der Waals surface area (Å²) >= 11 is 0. The third-order valence-electron chi connectivity index (χ3n) is 1.70. The summed E-state index contributed by atoms with van der Waals surface area (Å²) in [5, 5.41) is 0. The molecule has 0 heterocycles. The van der Waals surface area contributed by atoms with E-state index in [2.05, 4.69) is 0 Å². The minimum absolute atomic E-state index is 0.518. The Balaban J connectivity index is 3.01. The summed E-state index contributed by atoms with van der Waals surface area (Å²) in [7, 11) is 0. The normalized spacial score (nSPS) is 10.6. The van der Waals surface area contributed by atoms with Gasteiger partial charge < -0.3 is 5.73 Å². The fourth-order valence-corrected chi connectivity index (χ4v) is 1.21. The summed E-state index contributed by atoms with van der Waals surface area (Å²) in [6.45, 7) is 2.48. The highest BCUT2D eigenvalue weighted by Gasteiger charge is 1.93. The number of aryl methyl sites for hydroxylation is 1. The van der Waals surface area contributed by atoms with Gasteiger partial charge in [0.1, 0.15) is 6.29 Å². The van der Waals surface area contributed by atoms with Gasteiger partial charge in [0.2, 0.25) is 0 Å². The molecule has 1 aromatic rings. The molecule has 0 radical (unpaired) electrons. The highest BCUT2D eigenvalue weighted by molar-refractivity contribution is 5.76. The Morgan fingerprint density at radius 3 is 2.62 bits per heavy atom. The maximum atomic E-state index is 10.5. The molecule has 1 rings (SSSR count). The van der Waals surface area contributed by atoms with Gasteiger partial charge in [-0.2, -0.15) is 0 Å². The molecule has 0 aliphatic heterocycles. The van der Waals surface area contributed by atoms with Crippen LogP contribution in [0.25, 0.3) is 6.08 Å². The maximum Gasteiger partial charge on any atom is 0.150 e. The van der Waals surface area contributed by atoms with E-state index >= 15 is 0 Å². The predicted octanol–water partition coefficient (Wildman–Crippen LogP) is 1.78. The van der Waals surface area contributed by atoms with Crippen molar-refractivity contribution in [3.8, 4) is 0 Å². The fraction of sp³-hybridized carbons (Fsp3) is 0.182. The number of hydrogen-bond acceptors (Lipinski definition) is 2. The number of aldehydes is 1. The molecule has 0 amide bonds. The van der Waals surface area contributed by atoms with Gasteiger partial charge in [0.05, 0.1) is 0 Å². The molecular formula is C11H13NO. The molecule has 13 heavy (non-hydrogen) atoms. The molecule has 0 fully saturated rings. The Hall–Kier alpha value is -1.41. The van der Waals surface area contributed by atoms with E-state index in [1.165, 1.54) is 0 Å². The summed E-state index contributed by atoms with van der Waals surface area (Å²) in [4.78, 5) is 10.5. The zero-order valence-corrected chi connectivity index (χ0v) is 7.66. The van der Waals surface area contributed by atoms with E-state index in [0.717, 1.165) is 17.4 Å². The molecule has 0 atom stereocenters. The molecule has 0 aromatic heterocycles. The standard InChI is InChI=1S/C11H13NO/c1-9-5-10(3-2-4-12)7-11(6-9)8-13/h2-3,5-8H,4,12H2,1H3. The zero-order chi connectivity index (χ0) is 9.68. The maximum absolute atomic E-state index is 10.5. The van der Waals surface area contributed by atoms with Crippen LogP contribution in [0.3, 0.4) is 0 Å². The fourth-order valence-electron chi connectivity index (χ4n) is 1.21. The van der Waals surface area contributed by atoms with Crippen molar-refractivity contribution in [2.24, 2.45) is 5.73 Å². The van der Waals surface area contributed by atoms with Crippen LogP contribution in [0.5, 0.6) is 0 Å². The first-order valence-corrected chi connectivity index (χ1v) is 4.19. The molecular weight excluding hydrogens is 162 g/mol. The van der Waals surface area contributed by atoms with Gasteiger partial charge in [-0.15, -0.1) is 0 Å². The molecule has 2 nitrogen and oxygen atoms in total. The number of carbonyl (C=O) groups is 1. The van der Waals surface area contributed by atoms with E-state index in [0.29, 0.717) is 12.1 Å². The largest absolute Gasteiger partial charge is 0.327 e. The molecule has 2 N–H and O–H groups in total. The van der Waals surface area contributed by atoms with Gasteiger partial charge in [-0.05, 0) is 30.2 Å². The van der Waals surface area contributed by atoms with Crippen LogP contribution in [0.15, 0.2) is 24.3 Å². The second-order valence-corrected chi connectivity index (χ2v) is 2.93.